The van der Waals surface area contributed by atoms with Crippen LogP contribution >= 0.6 is 0 Å². The van der Waals surface area contributed by atoms with Crippen LogP contribution in [0.1, 0.15) is 43.2 Å². The minimum atomic E-state index is -0.223. The Balaban J connectivity index is 1.41. The zero-order valence-corrected chi connectivity index (χ0v) is 18.3. The summed E-state index contributed by atoms with van der Waals surface area (Å²) in [5, 5.41) is 4.05. The molecule has 1 amide bonds. The first kappa shape index (κ1) is 21.4. The van der Waals surface area contributed by atoms with Gasteiger partial charge in [0.25, 0.3) is 0 Å². The molecule has 0 aliphatic rings. The number of carbonyl (C=O) groups is 1. The highest BCUT2D eigenvalue weighted by Crippen LogP contribution is 2.20. The number of hydrogen-bond donors (Lipinski definition) is 0. The molecule has 162 valence electrons. The van der Waals surface area contributed by atoms with Crippen molar-refractivity contribution in [1.29, 1.82) is 0 Å². The third-order valence-electron chi connectivity index (χ3n) is 5.21. The summed E-state index contributed by atoms with van der Waals surface area (Å²) in [6, 6.07) is 23.9. The van der Waals surface area contributed by atoms with Crippen LogP contribution in [0, 0.1) is 0 Å². The second kappa shape index (κ2) is 10.0. The van der Waals surface area contributed by atoms with E-state index in [2.05, 4.69) is 53.2 Å². The van der Waals surface area contributed by atoms with E-state index in [9.17, 15) is 4.79 Å². The lowest BCUT2D eigenvalue weighted by atomic mass is 10.0. The molecule has 6 heteroatoms. The van der Waals surface area contributed by atoms with Crippen molar-refractivity contribution in [3.8, 4) is 11.4 Å². The van der Waals surface area contributed by atoms with Crippen LogP contribution in [0.3, 0.4) is 0 Å². The lowest BCUT2D eigenvalue weighted by Gasteiger charge is -2.07. The SMILES string of the molecule is CC(C)c1ccc(-c2noc(CCC(=O)N=c3ccccn3Cc3ccccc3)n2)cc1. The number of amides is 1. The fourth-order valence-electron chi connectivity index (χ4n) is 3.37. The number of pyridine rings is 1. The quantitative estimate of drug-likeness (QED) is 0.427. The Kier molecular flexibility index (Phi) is 6.70. The van der Waals surface area contributed by atoms with Gasteiger partial charge < -0.3 is 9.09 Å². The molecule has 2 aromatic heterocycles. The minimum Gasteiger partial charge on any atom is -0.339 e. The Morgan fingerprint density at radius 3 is 2.50 bits per heavy atom. The lowest BCUT2D eigenvalue weighted by Crippen LogP contribution is -2.22. The van der Waals surface area contributed by atoms with Crippen LogP contribution < -0.4 is 5.49 Å². The molecule has 0 bridgehead atoms. The van der Waals surface area contributed by atoms with Gasteiger partial charge in [0.1, 0.15) is 5.49 Å². The molecule has 6 nitrogen and oxygen atoms in total. The topological polar surface area (TPSA) is 73.3 Å². The highest BCUT2D eigenvalue weighted by molar-refractivity contribution is 5.76. The van der Waals surface area contributed by atoms with E-state index < -0.39 is 0 Å². The highest BCUT2D eigenvalue weighted by atomic mass is 16.5. The van der Waals surface area contributed by atoms with Crippen molar-refractivity contribution in [1.82, 2.24) is 14.7 Å². The Labute approximate surface area is 187 Å². The molecule has 32 heavy (non-hydrogen) atoms. The number of rotatable bonds is 7. The van der Waals surface area contributed by atoms with E-state index in [4.69, 9.17) is 4.52 Å². The normalized spacial score (nSPS) is 11.8. The number of benzene rings is 2. The summed E-state index contributed by atoms with van der Waals surface area (Å²) in [5.41, 5.74) is 3.92. The molecule has 0 saturated heterocycles. The summed E-state index contributed by atoms with van der Waals surface area (Å²) in [6.45, 7) is 4.96. The van der Waals surface area contributed by atoms with E-state index in [1.54, 1.807) is 0 Å². The molecular formula is C26H26N4O2. The van der Waals surface area contributed by atoms with Crippen molar-refractivity contribution < 1.29 is 9.32 Å². The van der Waals surface area contributed by atoms with Crippen LogP contribution in [0.25, 0.3) is 11.4 Å². The molecule has 0 aliphatic carbocycles. The second-order valence-corrected chi connectivity index (χ2v) is 7.97. The van der Waals surface area contributed by atoms with Crippen molar-refractivity contribution in [2.75, 3.05) is 0 Å². The van der Waals surface area contributed by atoms with Crippen LogP contribution in [0.4, 0.5) is 0 Å². The molecule has 0 fully saturated rings. The van der Waals surface area contributed by atoms with Gasteiger partial charge in [-0.15, -0.1) is 0 Å². The smallest absolute Gasteiger partial charge is 0.248 e. The van der Waals surface area contributed by atoms with E-state index in [-0.39, 0.29) is 12.3 Å². The summed E-state index contributed by atoms with van der Waals surface area (Å²) < 4.78 is 7.30. The van der Waals surface area contributed by atoms with Crippen molar-refractivity contribution in [2.45, 2.75) is 39.2 Å². The Bertz CT molecular complexity index is 1240. The van der Waals surface area contributed by atoms with Crippen LogP contribution in [0.5, 0.6) is 0 Å². The van der Waals surface area contributed by atoms with Crippen LogP contribution in [0.15, 0.2) is 88.5 Å². The van der Waals surface area contributed by atoms with Gasteiger partial charge in [-0.05, 0) is 29.2 Å². The van der Waals surface area contributed by atoms with E-state index >= 15 is 0 Å². The standard InChI is InChI=1S/C26H26N4O2/c1-19(2)21-11-13-22(14-12-21)26-28-25(32-29-26)16-15-24(31)27-23-10-6-7-17-30(23)18-20-8-4-3-5-9-20/h3-14,17,19H,15-16,18H2,1-2H3. The zero-order chi connectivity index (χ0) is 22.3. The maximum absolute atomic E-state index is 12.5. The predicted molar refractivity (Wildman–Crippen MR) is 123 cm³/mol. The average molecular weight is 427 g/mol. The molecule has 4 aromatic rings. The van der Waals surface area contributed by atoms with Gasteiger partial charge in [0.15, 0.2) is 0 Å². The molecule has 0 spiro atoms. The van der Waals surface area contributed by atoms with Gasteiger partial charge in [0, 0.05) is 31.1 Å². The van der Waals surface area contributed by atoms with Crippen LogP contribution in [0.2, 0.25) is 0 Å². The van der Waals surface area contributed by atoms with Gasteiger partial charge in [0.2, 0.25) is 17.6 Å². The molecule has 0 aliphatic heterocycles. The van der Waals surface area contributed by atoms with Crippen LogP contribution in [-0.2, 0) is 17.8 Å². The van der Waals surface area contributed by atoms with E-state index in [1.807, 2.05) is 59.3 Å². The van der Waals surface area contributed by atoms with Crippen molar-refractivity contribution in [3.05, 3.63) is 101 Å². The summed E-state index contributed by atoms with van der Waals surface area (Å²) in [7, 11) is 0. The maximum atomic E-state index is 12.5. The first-order valence-electron chi connectivity index (χ1n) is 10.8. The molecule has 0 saturated carbocycles. The van der Waals surface area contributed by atoms with E-state index in [0.29, 0.717) is 36.1 Å². The van der Waals surface area contributed by atoms with Gasteiger partial charge in [-0.3, -0.25) is 4.79 Å². The number of aromatic nitrogens is 3. The summed E-state index contributed by atoms with van der Waals surface area (Å²) in [5.74, 6) is 1.21. The molecule has 0 N–H and O–H groups in total. The fraction of sp³-hybridized carbons (Fsp3) is 0.231. The zero-order valence-electron chi connectivity index (χ0n) is 18.3. The number of nitrogens with zero attached hydrogens (tertiary/aromatic N) is 4. The molecule has 0 radical (unpaired) electrons. The summed E-state index contributed by atoms with van der Waals surface area (Å²) in [4.78, 5) is 21.2. The number of hydrogen-bond acceptors (Lipinski definition) is 4. The Morgan fingerprint density at radius 2 is 1.75 bits per heavy atom. The first-order chi connectivity index (χ1) is 15.6. The molecule has 2 aromatic carbocycles. The van der Waals surface area contributed by atoms with Crippen molar-refractivity contribution in [2.24, 2.45) is 4.99 Å². The lowest BCUT2D eigenvalue weighted by molar-refractivity contribution is -0.118. The van der Waals surface area contributed by atoms with Crippen LogP contribution in [-0.4, -0.2) is 20.6 Å². The molecule has 2 heterocycles. The third-order valence-corrected chi connectivity index (χ3v) is 5.21. The monoisotopic (exact) mass is 426 g/mol. The second-order valence-electron chi connectivity index (χ2n) is 7.97. The van der Waals surface area contributed by atoms with Gasteiger partial charge in [-0.1, -0.05) is 79.7 Å². The molecule has 0 atom stereocenters. The molecule has 4 rings (SSSR count). The van der Waals surface area contributed by atoms with Gasteiger partial charge in [-0.2, -0.15) is 9.98 Å². The summed E-state index contributed by atoms with van der Waals surface area (Å²) >= 11 is 0. The van der Waals surface area contributed by atoms with Gasteiger partial charge in [0.05, 0.1) is 0 Å². The Morgan fingerprint density at radius 1 is 1.00 bits per heavy atom. The summed E-state index contributed by atoms with van der Waals surface area (Å²) in [6.07, 6.45) is 2.48. The van der Waals surface area contributed by atoms with Gasteiger partial charge in [-0.25, -0.2) is 0 Å². The number of aryl methyl sites for hydroxylation is 1. The van der Waals surface area contributed by atoms with E-state index in [1.165, 1.54) is 5.56 Å². The third kappa shape index (κ3) is 5.46. The van der Waals surface area contributed by atoms with Crippen molar-refractivity contribution in [3.63, 3.8) is 0 Å². The Hall–Kier alpha value is -3.80. The molecule has 0 unspecified atom stereocenters. The first-order valence-corrected chi connectivity index (χ1v) is 10.8. The largest absolute Gasteiger partial charge is 0.339 e. The molecular weight excluding hydrogens is 400 g/mol. The number of carbonyl (C=O) groups excluding carboxylic acids is 1. The minimum absolute atomic E-state index is 0.203. The maximum Gasteiger partial charge on any atom is 0.248 e. The van der Waals surface area contributed by atoms with Crippen molar-refractivity contribution >= 4 is 5.91 Å². The fourth-order valence-corrected chi connectivity index (χ4v) is 3.37. The van der Waals surface area contributed by atoms with Gasteiger partial charge >= 0.3 is 0 Å². The predicted octanol–water partition coefficient (Wildman–Crippen LogP) is 4.77. The van der Waals surface area contributed by atoms with E-state index in [0.717, 1.165) is 11.1 Å². The average Bonchev–Trinajstić information content (AvgIpc) is 3.29. The highest BCUT2D eigenvalue weighted by Gasteiger charge is 2.11.